The van der Waals surface area contributed by atoms with Crippen LogP contribution in [-0.2, 0) is 4.74 Å². The number of hydrogen-bond donors (Lipinski definition) is 1. The largest absolute Gasteiger partial charge is 0.379 e. The van der Waals surface area contributed by atoms with Gasteiger partial charge in [-0.15, -0.1) is 0 Å². The number of anilines is 1. The second-order valence-electron chi connectivity index (χ2n) is 5.28. The molecule has 0 spiro atoms. The lowest BCUT2D eigenvalue weighted by Gasteiger charge is -2.34. The van der Waals surface area contributed by atoms with Gasteiger partial charge in [0.25, 0.3) is 0 Å². The molecule has 1 N–H and O–H groups in total. The molecule has 0 amide bonds. The molecular weight excluding hydrogens is 282 g/mol. The van der Waals surface area contributed by atoms with Crippen LogP contribution in [0.3, 0.4) is 0 Å². The third-order valence-corrected chi connectivity index (χ3v) is 3.93. The van der Waals surface area contributed by atoms with Crippen LogP contribution in [0.1, 0.15) is 13.3 Å². The molecule has 3 heterocycles. The van der Waals surface area contributed by atoms with E-state index in [-0.39, 0.29) is 0 Å². The van der Waals surface area contributed by atoms with Crippen molar-refractivity contribution in [2.75, 3.05) is 38.2 Å². The van der Waals surface area contributed by atoms with E-state index in [2.05, 4.69) is 32.3 Å². The Morgan fingerprint density at radius 3 is 2.91 bits per heavy atom. The summed E-state index contributed by atoms with van der Waals surface area (Å²) in [6, 6.07) is 4.30. The molecule has 0 radical (unpaired) electrons. The van der Waals surface area contributed by atoms with Crippen molar-refractivity contribution >= 4 is 5.82 Å². The van der Waals surface area contributed by atoms with Crippen molar-refractivity contribution < 1.29 is 9.26 Å². The van der Waals surface area contributed by atoms with Crippen LogP contribution >= 0.6 is 0 Å². The van der Waals surface area contributed by atoms with E-state index in [1.54, 1.807) is 6.20 Å². The fraction of sp³-hybridized carbons (Fsp3) is 0.533. The average Bonchev–Trinajstić information content (AvgIpc) is 3.11. The summed E-state index contributed by atoms with van der Waals surface area (Å²) < 4.78 is 10.2. The number of morpholine rings is 1. The molecule has 0 aliphatic carbocycles. The van der Waals surface area contributed by atoms with E-state index in [1.165, 1.54) is 6.39 Å². The van der Waals surface area contributed by atoms with E-state index in [1.807, 2.05) is 12.1 Å². The molecule has 7 heteroatoms. The molecule has 0 aromatic carbocycles. The first-order valence-corrected chi connectivity index (χ1v) is 7.65. The lowest BCUT2D eigenvalue weighted by molar-refractivity contribution is 0.0184. The van der Waals surface area contributed by atoms with Gasteiger partial charge in [0.2, 0.25) is 12.2 Å². The van der Waals surface area contributed by atoms with Crippen molar-refractivity contribution in [1.29, 1.82) is 0 Å². The van der Waals surface area contributed by atoms with Crippen LogP contribution in [0.15, 0.2) is 29.2 Å². The standard InChI is InChI=1S/C15H21N5O2/c1-2-13(20-5-7-21-8-6-20)10-17-14-9-12(3-4-16-14)15-18-11-22-19-15/h3-4,9,11,13H,2,5-8,10H2,1H3,(H,16,17)/t13-/m1/s1. The number of hydrogen-bond acceptors (Lipinski definition) is 7. The molecule has 0 bridgehead atoms. The Bertz CT molecular complexity index is 569. The van der Waals surface area contributed by atoms with Crippen LogP contribution in [0.2, 0.25) is 0 Å². The summed E-state index contributed by atoms with van der Waals surface area (Å²) >= 11 is 0. The van der Waals surface area contributed by atoms with Crippen molar-refractivity contribution in [2.45, 2.75) is 19.4 Å². The number of nitrogens with zero attached hydrogens (tertiary/aromatic N) is 4. The summed E-state index contributed by atoms with van der Waals surface area (Å²) in [5.74, 6) is 1.40. The zero-order valence-electron chi connectivity index (χ0n) is 12.7. The van der Waals surface area contributed by atoms with Crippen LogP contribution in [0, 0.1) is 0 Å². The molecule has 2 aromatic heterocycles. The summed E-state index contributed by atoms with van der Waals surface area (Å²) in [6.07, 6.45) is 4.18. The van der Waals surface area contributed by atoms with Gasteiger partial charge in [-0.2, -0.15) is 4.98 Å². The van der Waals surface area contributed by atoms with Crippen molar-refractivity contribution in [3.63, 3.8) is 0 Å². The van der Waals surface area contributed by atoms with Gasteiger partial charge in [0, 0.05) is 37.4 Å². The monoisotopic (exact) mass is 303 g/mol. The fourth-order valence-electron chi connectivity index (χ4n) is 2.66. The maximum atomic E-state index is 5.42. The summed E-state index contributed by atoms with van der Waals surface area (Å²) in [5, 5.41) is 7.26. The van der Waals surface area contributed by atoms with Gasteiger partial charge >= 0.3 is 0 Å². The first-order chi connectivity index (χ1) is 10.9. The summed E-state index contributed by atoms with van der Waals surface area (Å²) in [6.45, 7) is 6.71. The summed E-state index contributed by atoms with van der Waals surface area (Å²) in [5.41, 5.74) is 0.894. The number of aromatic nitrogens is 3. The fourth-order valence-corrected chi connectivity index (χ4v) is 2.66. The topological polar surface area (TPSA) is 76.3 Å². The molecule has 1 aliphatic rings. The zero-order chi connectivity index (χ0) is 15.2. The van der Waals surface area contributed by atoms with Crippen molar-refractivity contribution in [3.05, 3.63) is 24.7 Å². The Morgan fingerprint density at radius 1 is 1.32 bits per heavy atom. The highest BCUT2D eigenvalue weighted by Crippen LogP contribution is 2.17. The molecule has 0 saturated carbocycles. The minimum Gasteiger partial charge on any atom is -0.379 e. The maximum absolute atomic E-state index is 5.42. The highest BCUT2D eigenvalue weighted by atomic mass is 16.5. The molecular formula is C15H21N5O2. The molecule has 0 unspecified atom stereocenters. The molecule has 118 valence electrons. The molecule has 7 nitrogen and oxygen atoms in total. The van der Waals surface area contributed by atoms with Gasteiger partial charge < -0.3 is 14.6 Å². The average molecular weight is 303 g/mol. The third kappa shape index (κ3) is 3.61. The minimum atomic E-state index is 0.486. The highest BCUT2D eigenvalue weighted by molar-refractivity contribution is 5.58. The van der Waals surface area contributed by atoms with Gasteiger partial charge in [-0.1, -0.05) is 12.1 Å². The number of ether oxygens (including phenoxy) is 1. The van der Waals surface area contributed by atoms with E-state index >= 15 is 0 Å². The Kier molecular flexibility index (Phi) is 4.97. The second-order valence-corrected chi connectivity index (χ2v) is 5.28. The summed E-state index contributed by atoms with van der Waals surface area (Å²) in [4.78, 5) is 10.9. The molecule has 2 aromatic rings. The van der Waals surface area contributed by atoms with E-state index in [0.29, 0.717) is 11.9 Å². The maximum Gasteiger partial charge on any atom is 0.214 e. The first kappa shape index (κ1) is 14.9. The van der Waals surface area contributed by atoms with Gasteiger partial charge in [-0.25, -0.2) is 4.98 Å². The van der Waals surface area contributed by atoms with Crippen molar-refractivity contribution in [1.82, 2.24) is 20.0 Å². The molecule has 1 saturated heterocycles. The SMILES string of the molecule is CC[C@H](CNc1cc(-c2ncon2)ccn1)N1CCOCC1. The second kappa shape index (κ2) is 7.33. The molecule has 3 rings (SSSR count). The molecule has 1 fully saturated rings. The van der Waals surface area contributed by atoms with Gasteiger partial charge in [0.05, 0.1) is 13.2 Å². The predicted octanol–water partition coefficient (Wildman–Crippen LogP) is 1.65. The lowest BCUT2D eigenvalue weighted by Crippen LogP contribution is -2.46. The van der Waals surface area contributed by atoms with E-state index in [0.717, 1.165) is 50.7 Å². The smallest absolute Gasteiger partial charge is 0.214 e. The molecule has 22 heavy (non-hydrogen) atoms. The minimum absolute atomic E-state index is 0.486. The van der Waals surface area contributed by atoms with E-state index in [9.17, 15) is 0 Å². The first-order valence-electron chi connectivity index (χ1n) is 7.65. The Labute approximate surface area is 129 Å². The molecule has 1 aliphatic heterocycles. The van der Waals surface area contributed by atoms with Crippen LogP contribution in [0.25, 0.3) is 11.4 Å². The Balaban J connectivity index is 1.61. The predicted molar refractivity (Wildman–Crippen MR) is 82.5 cm³/mol. The lowest BCUT2D eigenvalue weighted by atomic mass is 10.1. The van der Waals surface area contributed by atoms with Crippen LogP contribution < -0.4 is 5.32 Å². The van der Waals surface area contributed by atoms with E-state index in [4.69, 9.17) is 9.26 Å². The quantitative estimate of drug-likeness (QED) is 0.869. The summed E-state index contributed by atoms with van der Waals surface area (Å²) in [7, 11) is 0. The number of nitrogens with one attached hydrogen (secondary N) is 1. The van der Waals surface area contributed by atoms with Gasteiger partial charge in [0.15, 0.2) is 0 Å². The van der Waals surface area contributed by atoms with Crippen molar-refractivity contribution in [2.24, 2.45) is 0 Å². The Morgan fingerprint density at radius 2 is 2.18 bits per heavy atom. The molecule has 1 atom stereocenters. The van der Waals surface area contributed by atoms with Gasteiger partial charge in [0.1, 0.15) is 5.82 Å². The Hall–Kier alpha value is -1.99. The normalized spacial score (nSPS) is 17.3. The van der Waals surface area contributed by atoms with Crippen LogP contribution in [0.5, 0.6) is 0 Å². The highest BCUT2D eigenvalue weighted by Gasteiger charge is 2.19. The zero-order valence-corrected chi connectivity index (χ0v) is 12.7. The number of rotatable bonds is 6. The van der Waals surface area contributed by atoms with E-state index < -0.39 is 0 Å². The van der Waals surface area contributed by atoms with Gasteiger partial charge in [-0.3, -0.25) is 4.90 Å². The van der Waals surface area contributed by atoms with Crippen LogP contribution in [0.4, 0.5) is 5.82 Å². The van der Waals surface area contributed by atoms with Gasteiger partial charge in [-0.05, 0) is 18.6 Å². The van der Waals surface area contributed by atoms with Crippen molar-refractivity contribution in [3.8, 4) is 11.4 Å². The third-order valence-electron chi connectivity index (χ3n) is 3.93. The number of pyridine rings is 1. The van der Waals surface area contributed by atoms with Crippen LogP contribution in [-0.4, -0.2) is 58.9 Å².